The second kappa shape index (κ2) is 6.53. The molecule has 88 valence electrons. The van der Waals surface area contributed by atoms with Crippen LogP contribution in [0.15, 0.2) is 12.1 Å². The third-order valence-corrected chi connectivity index (χ3v) is 2.16. The summed E-state index contributed by atoms with van der Waals surface area (Å²) in [6.07, 6.45) is 0. The van der Waals surface area contributed by atoms with Crippen molar-refractivity contribution in [2.75, 3.05) is 7.11 Å². The minimum absolute atomic E-state index is 0. The number of benzene rings is 1. The van der Waals surface area contributed by atoms with Gasteiger partial charge in [-0.05, 0) is 6.07 Å². The Balaban J connectivity index is 0.00000256. The Morgan fingerprint density at radius 2 is 1.88 bits per heavy atom. The van der Waals surface area contributed by atoms with Crippen molar-refractivity contribution >= 4 is 30.0 Å². The summed E-state index contributed by atoms with van der Waals surface area (Å²) < 4.78 is 54.2. The fourth-order valence-corrected chi connectivity index (χ4v) is 1.31. The number of carbonyl (C=O) groups excluding carboxylic acids is 1. The van der Waals surface area contributed by atoms with Crippen LogP contribution in [0.2, 0.25) is 5.02 Å². The Morgan fingerprint density at radius 1 is 1.35 bits per heavy atom. The number of rotatable bonds is 2. The molecule has 0 aliphatic rings. The van der Waals surface area contributed by atoms with Gasteiger partial charge in [0.1, 0.15) is 0 Å². The van der Waals surface area contributed by atoms with Crippen LogP contribution in [0, 0.1) is 5.82 Å². The van der Waals surface area contributed by atoms with Gasteiger partial charge >= 0.3 is 64.3 Å². The van der Waals surface area contributed by atoms with Crippen molar-refractivity contribution in [2.24, 2.45) is 0 Å². The number of ether oxygens (including phenoxy) is 1. The second-order valence-electron chi connectivity index (χ2n) is 2.92. The van der Waals surface area contributed by atoms with Crippen molar-refractivity contribution in [1.29, 1.82) is 0 Å². The van der Waals surface area contributed by atoms with Gasteiger partial charge in [0.05, 0.1) is 23.5 Å². The molecule has 17 heavy (non-hydrogen) atoms. The SMILES string of the molecule is COC(=O)c1cc([B-](F)(F)F)c(F)cc1Cl.[K+]. The van der Waals surface area contributed by atoms with Crippen LogP contribution in [0.1, 0.15) is 10.4 Å². The first-order chi connectivity index (χ1) is 7.27. The first-order valence-corrected chi connectivity index (χ1v) is 4.42. The normalized spacial score (nSPS) is 10.7. The number of carbonyl (C=O) groups is 1. The van der Waals surface area contributed by atoms with E-state index in [1.165, 1.54) is 0 Å². The zero-order chi connectivity index (χ0) is 12.5. The molecule has 2 nitrogen and oxygen atoms in total. The molecule has 1 aromatic carbocycles. The molecule has 0 fully saturated rings. The molecule has 0 bridgehead atoms. The monoisotopic (exact) mass is 294 g/mol. The maximum atomic E-state index is 13.0. The molecule has 0 amide bonds. The van der Waals surface area contributed by atoms with E-state index in [4.69, 9.17) is 11.6 Å². The summed E-state index contributed by atoms with van der Waals surface area (Å²) in [5.41, 5.74) is -2.01. The van der Waals surface area contributed by atoms with Gasteiger partial charge in [-0.2, -0.15) is 0 Å². The molecule has 0 aromatic heterocycles. The Kier molecular flexibility index (Phi) is 6.69. The maximum absolute atomic E-state index is 13.0. The summed E-state index contributed by atoms with van der Waals surface area (Å²) in [5.74, 6) is -2.56. The number of hydrogen-bond donors (Lipinski definition) is 0. The minimum Gasteiger partial charge on any atom is -0.465 e. The van der Waals surface area contributed by atoms with Crippen molar-refractivity contribution in [3.8, 4) is 0 Å². The number of hydrogen-bond acceptors (Lipinski definition) is 2. The standard InChI is InChI=1S/C8H5BClF4O2.K/c1-16-8(15)4-2-5(9(12,13)14)7(11)3-6(4)10;/h2-3H,1H3;/q-1;+1. The topological polar surface area (TPSA) is 26.3 Å². The molecule has 0 aliphatic heterocycles. The van der Waals surface area contributed by atoms with Crippen molar-refractivity contribution in [2.45, 2.75) is 0 Å². The van der Waals surface area contributed by atoms with Crippen LogP contribution in [0.3, 0.4) is 0 Å². The van der Waals surface area contributed by atoms with E-state index in [0.717, 1.165) is 7.11 Å². The van der Waals surface area contributed by atoms with Gasteiger partial charge in [0.15, 0.2) is 0 Å². The van der Waals surface area contributed by atoms with E-state index in [2.05, 4.69) is 4.74 Å². The summed E-state index contributed by atoms with van der Waals surface area (Å²) in [7, 11) is 0.987. The molecule has 9 heteroatoms. The number of halogens is 5. The Morgan fingerprint density at radius 3 is 2.29 bits per heavy atom. The average Bonchev–Trinajstić information content (AvgIpc) is 2.14. The van der Waals surface area contributed by atoms with Crippen molar-refractivity contribution in [3.05, 3.63) is 28.5 Å². The fourth-order valence-electron chi connectivity index (χ4n) is 1.08. The quantitative estimate of drug-likeness (QED) is 0.411. The van der Waals surface area contributed by atoms with Gasteiger partial charge in [-0.3, -0.25) is 0 Å². The largest absolute Gasteiger partial charge is 1.00 e. The molecule has 0 saturated carbocycles. The molecule has 0 radical (unpaired) electrons. The molecule has 0 atom stereocenters. The van der Waals surface area contributed by atoms with Gasteiger partial charge in [-0.15, -0.1) is 0 Å². The van der Waals surface area contributed by atoms with E-state index in [9.17, 15) is 22.1 Å². The van der Waals surface area contributed by atoms with Gasteiger partial charge in [0, 0.05) is 0 Å². The minimum atomic E-state index is -5.54. The predicted molar refractivity (Wildman–Crippen MR) is 51.5 cm³/mol. The molecule has 1 rings (SSSR count). The van der Waals surface area contributed by atoms with Crippen molar-refractivity contribution < 1.29 is 78.3 Å². The van der Waals surface area contributed by atoms with E-state index in [-0.39, 0.29) is 51.4 Å². The van der Waals surface area contributed by atoms with Crippen LogP contribution >= 0.6 is 11.6 Å². The number of methoxy groups -OCH3 is 1. The molecule has 0 heterocycles. The maximum Gasteiger partial charge on any atom is 1.00 e. The Hall–Kier alpha value is 0.401. The van der Waals surface area contributed by atoms with Gasteiger partial charge < -0.3 is 17.7 Å². The molecular weight excluding hydrogens is 289 g/mol. The third kappa shape index (κ3) is 4.22. The molecule has 0 spiro atoms. The van der Waals surface area contributed by atoms with Crippen molar-refractivity contribution in [1.82, 2.24) is 0 Å². The zero-order valence-corrected chi connectivity index (χ0v) is 12.8. The average molecular weight is 294 g/mol. The fraction of sp³-hybridized carbons (Fsp3) is 0.125. The predicted octanol–water partition coefficient (Wildman–Crippen LogP) is -0.676. The van der Waals surface area contributed by atoms with Crippen LogP contribution in [-0.2, 0) is 4.74 Å². The van der Waals surface area contributed by atoms with Crippen molar-refractivity contribution in [3.63, 3.8) is 0 Å². The summed E-state index contributed by atoms with van der Waals surface area (Å²) in [5, 5.41) is -0.423. The summed E-state index contributed by atoms with van der Waals surface area (Å²) in [4.78, 5) is 11.0. The Bertz CT molecular complexity index is 438. The van der Waals surface area contributed by atoms with E-state index in [0.29, 0.717) is 12.1 Å². The third-order valence-electron chi connectivity index (χ3n) is 1.84. The molecule has 0 unspecified atom stereocenters. The summed E-state index contributed by atoms with van der Waals surface area (Å²) in [6, 6.07) is 0.794. The van der Waals surface area contributed by atoms with E-state index < -0.39 is 34.8 Å². The molecule has 0 saturated heterocycles. The van der Waals surface area contributed by atoms with Gasteiger partial charge in [-0.1, -0.05) is 23.1 Å². The summed E-state index contributed by atoms with van der Waals surface area (Å²) >= 11 is 5.42. The molecular formula is C8H5BClF4KO2. The van der Waals surface area contributed by atoms with Gasteiger partial charge in [-0.25, -0.2) is 9.18 Å². The zero-order valence-electron chi connectivity index (χ0n) is 8.94. The van der Waals surface area contributed by atoms with Gasteiger partial charge in [0.2, 0.25) is 0 Å². The first-order valence-electron chi connectivity index (χ1n) is 4.04. The van der Waals surface area contributed by atoms with Crippen LogP contribution in [0.25, 0.3) is 0 Å². The van der Waals surface area contributed by atoms with E-state index in [1.54, 1.807) is 0 Å². The Labute approximate surface area is 142 Å². The van der Waals surface area contributed by atoms with Crippen LogP contribution in [-0.4, -0.2) is 20.1 Å². The smallest absolute Gasteiger partial charge is 0.465 e. The molecule has 0 N–H and O–H groups in total. The van der Waals surface area contributed by atoms with Crippen LogP contribution in [0.5, 0.6) is 0 Å². The van der Waals surface area contributed by atoms with Crippen LogP contribution < -0.4 is 56.8 Å². The van der Waals surface area contributed by atoms with Crippen LogP contribution in [0.4, 0.5) is 17.3 Å². The second-order valence-corrected chi connectivity index (χ2v) is 3.33. The van der Waals surface area contributed by atoms with E-state index in [1.807, 2.05) is 0 Å². The molecule has 0 aliphatic carbocycles. The summed E-state index contributed by atoms with van der Waals surface area (Å²) in [6.45, 7) is -5.54. The van der Waals surface area contributed by atoms with E-state index >= 15 is 0 Å². The molecule has 1 aromatic rings. The first kappa shape index (κ1) is 17.4. The van der Waals surface area contributed by atoms with Gasteiger partial charge in [0.25, 0.3) is 0 Å². The number of esters is 1.